The number of amides is 2. The molecule has 5 nitrogen and oxygen atoms in total. The van der Waals surface area contributed by atoms with Crippen molar-refractivity contribution >= 4 is 57.1 Å². The number of nitrogens with zero attached hydrogens (tertiary/aromatic N) is 3. The second-order valence-electron chi connectivity index (χ2n) is 5.24. The first-order valence-electron chi connectivity index (χ1n) is 5.99. The van der Waals surface area contributed by atoms with Crippen LogP contribution in [0.25, 0.3) is 0 Å². The van der Waals surface area contributed by atoms with Gasteiger partial charge in [0, 0.05) is 0 Å². The van der Waals surface area contributed by atoms with Crippen molar-refractivity contribution in [1.29, 1.82) is 0 Å². The highest BCUT2D eigenvalue weighted by molar-refractivity contribution is 9.10. The van der Waals surface area contributed by atoms with Crippen LogP contribution in [-0.2, 0) is 0 Å². The molecule has 102 valence electrons. The third kappa shape index (κ3) is 4.61. The Morgan fingerprint density at radius 1 is 1.30 bits per heavy atom. The van der Waals surface area contributed by atoms with E-state index < -0.39 is 19.7 Å². The Labute approximate surface area is 129 Å². The topological polar surface area (TPSA) is 63.2 Å². The van der Waals surface area contributed by atoms with E-state index in [1.165, 1.54) is 21.9 Å². The van der Waals surface area contributed by atoms with Crippen LogP contribution >= 0.6 is 15.9 Å². The fourth-order valence-electron chi connectivity index (χ4n) is 1.38. The molecule has 1 heterocycles. The molecule has 0 aliphatic rings. The molecular formula is C11H14B2BrN3O2Si. The first-order chi connectivity index (χ1) is 9.11. The largest absolute Gasteiger partial charge is 0.288 e. The maximum atomic E-state index is 11.6. The molecule has 0 aromatic carbocycles. The van der Waals surface area contributed by atoms with Crippen LogP contribution in [0.4, 0.5) is 15.4 Å². The lowest BCUT2D eigenvalue weighted by Gasteiger charge is -2.18. The van der Waals surface area contributed by atoms with Gasteiger partial charge in [-0.05, 0) is 15.9 Å². The van der Waals surface area contributed by atoms with E-state index in [-0.39, 0.29) is 5.82 Å². The van der Waals surface area contributed by atoms with Gasteiger partial charge >= 0.3 is 0 Å². The highest BCUT2D eigenvalue weighted by Gasteiger charge is 2.21. The molecule has 0 unspecified atom stereocenters. The van der Waals surface area contributed by atoms with E-state index >= 15 is 0 Å². The van der Waals surface area contributed by atoms with E-state index in [4.69, 9.17) is 0 Å². The van der Waals surface area contributed by atoms with Crippen LogP contribution in [0.15, 0.2) is 10.8 Å². The monoisotopic (exact) mass is 349 g/mol. The van der Waals surface area contributed by atoms with Gasteiger partial charge in [-0.2, -0.15) is 0 Å². The van der Waals surface area contributed by atoms with Gasteiger partial charge in [0.1, 0.15) is 12.7 Å². The summed E-state index contributed by atoms with van der Waals surface area (Å²) in [5.41, 5.74) is 3.48. The highest BCUT2D eigenvalue weighted by Crippen LogP contribution is 2.18. The van der Waals surface area contributed by atoms with Gasteiger partial charge in [0.2, 0.25) is 15.7 Å². The lowest BCUT2D eigenvalue weighted by atomic mass is 10.0. The van der Waals surface area contributed by atoms with Gasteiger partial charge in [0.15, 0.2) is 23.1 Å². The Morgan fingerprint density at radius 3 is 2.30 bits per heavy atom. The maximum Gasteiger partial charge on any atom is 0.217 e. The van der Waals surface area contributed by atoms with E-state index in [1.807, 2.05) is 0 Å². The maximum absolute atomic E-state index is 11.6. The number of halogens is 1. The minimum Gasteiger partial charge on any atom is -0.288 e. The van der Waals surface area contributed by atoms with Crippen molar-refractivity contribution < 1.29 is 9.59 Å². The Kier molecular flexibility index (Phi) is 5.31. The van der Waals surface area contributed by atoms with Gasteiger partial charge in [-0.25, -0.2) is 9.97 Å². The lowest BCUT2D eigenvalue weighted by Crippen LogP contribution is -2.36. The van der Waals surface area contributed by atoms with E-state index in [1.54, 1.807) is 0 Å². The molecule has 0 atom stereocenters. The normalized spacial score (nSPS) is 10.4. The van der Waals surface area contributed by atoms with Gasteiger partial charge in [0.05, 0.1) is 6.20 Å². The van der Waals surface area contributed by atoms with Crippen LogP contribution in [0.2, 0.25) is 19.6 Å². The molecule has 0 saturated carbocycles. The number of aromatic nitrogens is 2. The van der Waals surface area contributed by atoms with Crippen molar-refractivity contribution in [3.05, 3.63) is 16.5 Å². The first kappa shape index (κ1) is 16.7. The SMILES string of the molecule is BC(=O)N(C(B)=O)c1ncc(Br)nc1C#C[Si](C)(C)C. The minimum absolute atomic E-state index is 0.180. The van der Waals surface area contributed by atoms with E-state index in [9.17, 15) is 9.59 Å². The molecule has 0 bridgehead atoms. The van der Waals surface area contributed by atoms with Crippen molar-refractivity contribution in [2.45, 2.75) is 19.6 Å². The average Bonchev–Trinajstić information content (AvgIpc) is 2.27. The first-order valence-corrected chi connectivity index (χ1v) is 10.3. The van der Waals surface area contributed by atoms with Crippen LogP contribution in [0.5, 0.6) is 0 Å². The van der Waals surface area contributed by atoms with Gasteiger partial charge in [-0.15, -0.1) is 5.54 Å². The van der Waals surface area contributed by atoms with Crippen molar-refractivity contribution in [3.8, 4) is 11.5 Å². The van der Waals surface area contributed by atoms with Crippen LogP contribution in [0.1, 0.15) is 5.69 Å². The summed E-state index contributed by atoms with van der Waals surface area (Å²) in [6.07, 6.45) is 1.44. The van der Waals surface area contributed by atoms with Gasteiger partial charge < -0.3 is 0 Å². The summed E-state index contributed by atoms with van der Waals surface area (Å²) in [5.74, 6) is 2.30. The molecule has 2 amide bonds. The summed E-state index contributed by atoms with van der Waals surface area (Å²) in [7, 11) is 1.01. The van der Waals surface area contributed by atoms with Crippen LogP contribution in [-0.4, -0.2) is 45.3 Å². The third-order valence-corrected chi connectivity index (χ3v) is 3.38. The minimum atomic E-state index is -1.60. The fourth-order valence-corrected chi connectivity index (χ4v) is 2.15. The number of carbonyl (C=O) groups is 2. The fraction of sp³-hybridized carbons (Fsp3) is 0.273. The molecule has 0 fully saturated rings. The Hall–Kier alpha value is -1.39. The molecule has 0 spiro atoms. The number of carbonyl (C=O) groups excluding carboxylic acids is 2. The smallest absolute Gasteiger partial charge is 0.217 e. The Morgan fingerprint density at radius 2 is 1.85 bits per heavy atom. The summed E-state index contributed by atoms with van der Waals surface area (Å²) in [6, 6.07) is 0. The van der Waals surface area contributed by atoms with Crippen LogP contribution in [0, 0.1) is 11.5 Å². The molecule has 0 radical (unpaired) electrons. The van der Waals surface area contributed by atoms with Gasteiger partial charge in [-0.3, -0.25) is 14.5 Å². The summed E-state index contributed by atoms with van der Waals surface area (Å²) >= 11 is 3.22. The van der Waals surface area contributed by atoms with Crippen LogP contribution in [0.3, 0.4) is 0 Å². The average molecular weight is 350 g/mol. The molecular weight excluding hydrogens is 336 g/mol. The van der Waals surface area contributed by atoms with Crippen molar-refractivity contribution in [2.24, 2.45) is 0 Å². The second kappa shape index (κ2) is 6.37. The summed E-state index contributed by atoms with van der Waals surface area (Å²) in [4.78, 5) is 32.5. The molecule has 1 aromatic heterocycles. The molecule has 0 aliphatic heterocycles. The predicted molar refractivity (Wildman–Crippen MR) is 90.3 cm³/mol. The molecule has 1 aromatic rings. The Balaban J connectivity index is 3.43. The number of hydrogen-bond acceptors (Lipinski definition) is 4. The summed E-state index contributed by atoms with van der Waals surface area (Å²) in [6.45, 7) is 6.29. The zero-order valence-electron chi connectivity index (χ0n) is 12.1. The van der Waals surface area contributed by atoms with Crippen molar-refractivity contribution in [1.82, 2.24) is 9.97 Å². The standard InChI is InChI=1S/C11H14B2BrN3O2Si/c1-20(2,3)5-4-7-9(15-6-8(14)16-7)17(10(12)18)11(13)19/h6H,12-13H2,1-3H3. The second-order valence-corrected chi connectivity index (χ2v) is 10.8. The zero-order chi connectivity index (χ0) is 15.5. The number of rotatable bonds is 1. The molecule has 0 aliphatic carbocycles. The number of anilines is 1. The third-order valence-electron chi connectivity index (χ3n) is 2.12. The summed E-state index contributed by atoms with van der Waals surface area (Å²) < 4.78 is 0.508. The van der Waals surface area contributed by atoms with Gasteiger partial charge in [0.25, 0.3) is 0 Å². The van der Waals surface area contributed by atoms with E-state index in [0.717, 1.165) is 4.90 Å². The van der Waals surface area contributed by atoms with Crippen LogP contribution < -0.4 is 4.90 Å². The molecule has 9 heteroatoms. The molecule has 0 saturated heterocycles. The highest BCUT2D eigenvalue weighted by atomic mass is 79.9. The zero-order valence-corrected chi connectivity index (χ0v) is 14.7. The predicted octanol–water partition coefficient (Wildman–Crippen LogP) is 0.781. The van der Waals surface area contributed by atoms with Gasteiger partial charge in [-0.1, -0.05) is 25.6 Å². The molecule has 1 rings (SSSR count). The van der Waals surface area contributed by atoms with Crippen molar-refractivity contribution in [2.75, 3.05) is 4.90 Å². The number of imide groups is 1. The van der Waals surface area contributed by atoms with E-state index in [2.05, 4.69) is 57.0 Å². The van der Waals surface area contributed by atoms with E-state index in [0.29, 0.717) is 10.3 Å². The van der Waals surface area contributed by atoms with Crippen molar-refractivity contribution in [3.63, 3.8) is 0 Å². The molecule has 20 heavy (non-hydrogen) atoms. The lowest BCUT2D eigenvalue weighted by molar-refractivity contribution is 0.254. The quantitative estimate of drug-likeness (QED) is 0.555. The Bertz CT molecular complexity index is 608. The number of hydrogen-bond donors (Lipinski definition) is 0. The molecule has 0 N–H and O–H groups in total. The summed E-state index contributed by atoms with van der Waals surface area (Å²) in [5, 5.41) is 0.